The van der Waals surface area contributed by atoms with Gasteiger partial charge in [0.1, 0.15) is 11.5 Å². The average Bonchev–Trinajstić information content (AvgIpc) is 3.35. The summed E-state index contributed by atoms with van der Waals surface area (Å²) < 4.78 is 10.9. The van der Waals surface area contributed by atoms with Crippen LogP contribution in [-0.4, -0.2) is 35.3 Å². The molecule has 3 amide bonds. The topological polar surface area (TPSA) is 101 Å². The van der Waals surface area contributed by atoms with Gasteiger partial charge in [-0.15, -0.1) is 0 Å². The van der Waals surface area contributed by atoms with E-state index in [0.29, 0.717) is 24.5 Å². The first-order chi connectivity index (χ1) is 13.6. The predicted molar refractivity (Wildman–Crippen MR) is 99.7 cm³/mol. The Morgan fingerprint density at radius 1 is 1.21 bits per heavy atom. The quantitative estimate of drug-likeness (QED) is 0.706. The van der Waals surface area contributed by atoms with E-state index in [1.54, 1.807) is 29.2 Å². The van der Waals surface area contributed by atoms with Crippen molar-refractivity contribution in [1.29, 1.82) is 0 Å². The Morgan fingerprint density at radius 3 is 2.68 bits per heavy atom. The first-order valence-corrected chi connectivity index (χ1v) is 9.18. The number of hydrogen-bond donors (Lipinski definition) is 2. The number of ether oxygens (including phenoxy) is 1. The van der Waals surface area contributed by atoms with Gasteiger partial charge in [-0.2, -0.15) is 0 Å². The molecule has 1 aliphatic heterocycles. The summed E-state index contributed by atoms with van der Waals surface area (Å²) in [5, 5.41) is 0. The van der Waals surface area contributed by atoms with E-state index in [1.165, 1.54) is 6.26 Å². The molecule has 2 heterocycles. The van der Waals surface area contributed by atoms with Gasteiger partial charge in [0.2, 0.25) is 11.8 Å². The molecule has 1 aromatic carbocycles. The van der Waals surface area contributed by atoms with Crippen molar-refractivity contribution in [2.75, 3.05) is 6.54 Å². The van der Waals surface area contributed by atoms with Gasteiger partial charge >= 0.3 is 0 Å². The molecule has 1 saturated heterocycles. The van der Waals surface area contributed by atoms with Crippen LogP contribution in [0.4, 0.5) is 0 Å². The highest BCUT2D eigenvalue weighted by Crippen LogP contribution is 2.20. The summed E-state index contributed by atoms with van der Waals surface area (Å²) in [4.78, 5) is 38.3. The van der Waals surface area contributed by atoms with Gasteiger partial charge in [-0.3, -0.25) is 25.2 Å². The monoisotopic (exact) mass is 385 g/mol. The lowest BCUT2D eigenvalue weighted by molar-refractivity contribution is -0.134. The van der Waals surface area contributed by atoms with E-state index in [1.807, 2.05) is 25.1 Å². The summed E-state index contributed by atoms with van der Waals surface area (Å²) >= 11 is 0. The summed E-state index contributed by atoms with van der Waals surface area (Å²) in [7, 11) is 0. The Kier molecular flexibility index (Phi) is 6.31. The standard InChI is InChI=1S/C20H23N3O5/c1-2-17(28-15-7-4-3-5-8-15)20(26)22-21-19(25)14-11-18(24)23(12-14)13-16-9-6-10-27-16/h3-10,14,17H,2,11-13H2,1H3,(H,21,25)(H,22,26). The second kappa shape index (κ2) is 9.07. The van der Waals surface area contributed by atoms with E-state index >= 15 is 0 Å². The van der Waals surface area contributed by atoms with E-state index in [-0.39, 0.29) is 18.9 Å². The maximum Gasteiger partial charge on any atom is 0.279 e. The number of hydrazine groups is 1. The van der Waals surface area contributed by atoms with Crippen molar-refractivity contribution in [2.24, 2.45) is 5.92 Å². The first kappa shape index (κ1) is 19.5. The van der Waals surface area contributed by atoms with E-state index in [2.05, 4.69) is 10.9 Å². The fourth-order valence-corrected chi connectivity index (χ4v) is 2.98. The van der Waals surface area contributed by atoms with Crippen molar-refractivity contribution in [1.82, 2.24) is 15.8 Å². The highest BCUT2D eigenvalue weighted by molar-refractivity contribution is 5.91. The van der Waals surface area contributed by atoms with Crippen LogP contribution in [0.3, 0.4) is 0 Å². The normalized spacial score (nSPS) is 17.2. The first-order valence-electron chi connectivity index (χ1n) is 9.18. The van der Waals surface area contributed by atoms with E-state index in [0.717, 1.165) is 0 Å². The van der Waals surface area contributed by atoms with Gasteiger partial charge in [0.05, 0.1) is 18.7 Å². The van der Waals surface area contributed by atoms with Gasteiger partial charge in [0.25, 0.3) is 5.91 Å². The second-order valence-corrected chi connectivity index (χ2v) is 6.56. The smallest absolute Gasteiger partial charge is 0.279 e. The number of para-hydroxylation sites is 1. The summed E-state index contributed by atoms with van der Waals surface area (Å²) in [6, 6.07) is 12.5. The predicted octanol–water partition coefficient (Wildman–Crippen LogP) is 1.63. The molecule has 8 heteroatoms. The van der Waals surface area contributed by atoms with Gasteiger partial charge in [0.15, 0.2) is 6.10 Å². The lowest BCUT2D eigenvalue weighted by Gasteiger charge is -2.18. The Bertz CT molecular complexity index is 807. The van der Waals surface area contributed by atoms with Crippen molar-refractivity contribution >= 4 is 17.7 Å². The molecule has 0 saturated carbocycles. The van der Waals surface area contributed by atoms with Crippen molar-refractivity contribution in [3.05, 3.63) is 54.5 Å². The number of nitrogens with one attached hydrogen (secondary N) is 2. The molecule has 0 aliphatic carbocycles. The van der Waals surface area contributed by atoms with E-state index in [9.17, 15) is 14.4 Å². The molecule has 0 bridgehead atoms. The zero-order chi connectivity index (χ0) is 19.9. The molecule has 0 radical (unpaired) electrons. The molecule has 1 fully saturated rings. The molecule has 2 unspecified atom stereocenters. The third kappa shape index (κ3) is 4.91. The molecular formula is C20H23N3O5. The third-order valence-corrected chi connectivity index (χ3v) is 4.51. The van der Waals surface area contributed by atoms with Crippen LogP contribution in [0.5, 0.6) is 5.75 Å². The van der Waals surface area contributed by atoms with Gasteiger partial charge in [0, 0.05) is 13.0 Å². The molecular weight excluding hydrogens is 362 g/mol. The Hall–Kier alpha value is -3.29. The second-order valence-electron chi connectivity index (χ2n) is 6.56. The van der Waals surface area contributed by atoms with Crippen LogP contribution in [0.15, 0.2) is 53.1 Å². The fraction of sp³-hybridized carbons (Fsp3) is 0.350. The van der Waals surface area contributed by atoms with Crippen molar-refractivity contribution < 1.29 is 23.5 Å². The Balaban J connectivity index is 1.47. The maximum atomic E-state index is 12.3. The third-order valence-electron chi connectivity index (χ3n) is 4.51. The molecule has 0 spiro atoms. The van der Waals surface area contributed by atoms with Gasteiger partial charge in [-0.05, 0) is 30.7 Å². The highest BCUT2D eigenvalue weighted by atomic mass is 16.5. The van der Waals surface area contributed by atoms with Crippen LogP contribution >= 0.6 is 0 Å². The number of carbonyl (C=O) groups is 3. The minimum absolute atomic E-state index is 0.0974. The highest BCUT2D eigenvalue weighted by Gasteiger charge is 2.35. The SMILES string of the molecule is CCC(Oc1ccccc1)C(=O)NNC(=O)C1CC(=O)N(Cc2ccco2)C1. The molecule has 1 aliphatic rings. The molecule has 2 N–H and O–H groups in total. The number of hydrogen-bond acceptors (Lipinski definition) is 5. The number of nitrogens with zero attached hydrogens (tertiary/aromatic N) is 1. The molecule has 2 aromatic rings. The number of benzene rings is 1. The van der Waals surface area contributed by atoms with Crippen molar-refractivity contribution in [3.63, 3.8) is 0 Å². The van der Waals surface area contributed by atoms with Gasteiger partial charge < -0.3 is 14.1 Å². The van der Waals surface area contributed by atoms with Crippen LogP contribution < -0.4 is 15.6 Å². The zero-order valence-electron chi connectivity index (χ0n) is 15.6. The molecule has 8 nitrogen and oxygen atoms in total. The van der Waals surface area contributed by atoms with Crippen LogP contribution in [0, 0.1) is 5.92 Å². The zero-order valence-corrected chi connectivity index (χ0v) is 15.6. The lowest BCUT2D eigenvalue weighted by atomic mass is 10.1. The summed E-state index contributed by atoms with van der Waals surface area (Å²) in [5.74, 6) is -0.272. The van der Waals surface area contributed by atoms with E-state index in [4.69, 9.17) is 9.15 Å². The van der Waals surface area contributed by atoms with E-state index < -0.39 is 23.8 Å². The van der Waals surface area contributed by atoms with Crippen LogP contribution in [0.1, 0.15) is 25.5 Å². The Morgan fingerprint density at radius 2 is 2.00 bits per heavy atom. The molecule has 148 valence electrons. The number of rotatable bonds is 7. The van der Waals surface area contributed by atoms with Crippen molar-refractivity contribution in [3.8, 4) is 5.75 Å². The maximum absolute atomic E-state index is 12.3. The summed E-state index contributed by atoms with van der Waals surface area (Å²) in [5.41, 5.74) is 4.80. The van der Waals surface area contributed by atoms with Crippen LogP contribution in [0.2, 0.25) is 0 Å². The van der Waals surface area contributed by atoms with Gasteiger partial charge in [-0.25, -0.2) is 0 Å². The van der Waals surface area contributed by atoms with Gasteiger partial charge in [-0.1, -0.05) is 25.1 Å². The average molecular weight is 385 g/mol. The van der Waals surface area contributed by atoms with Crippen molar-refractivity contribution in [2.45, 2.75) is 32.4 Å². The molecule has 1 aromatic heterocycles. The number of furan rings is 1. The lowest BCUT2D eigenvalue weighted by Crippen LogP contribution is -2.50. The minimum Gasteiger partial charge on any atom is -0.481 e. The number of likely N-dealkylation sites (tertiary alicyclic amines) is 1. The fourth-order valence-electron chi connectivity index (χ4n) is 2.98. The summed E-state index contributed by atoms with van der Waals surface area (Å²) in [6.45, 7) is 2.42. The van der Waals surface area contributed by atoms with Crippen LogP contribution in [-0.2, 0) is 20.9 Å². The number of carbonyl (C=O) groups excluding carboxylic acids is 3. The minimum atomic E-state index is -0.733. The molecule has 3 rings (SSSR count). The number of amides is 3. The molecule has 28 heavy (non-hydrogen) atoms. The molecule has 2 atom stereocenters. The Labute approximate surface area is 162 Å². The summed E-state index contributed by atoms with van der Waals surface area (Å²) in [6.07, 6.45) is 1.34. The van der Waals surface area contributed by atoms with Crippen LogP contribution in [0.25, 0.3) is 0 Å². The largest absolute Gasteiger partial charge is 0.481 e.